The summed E-state index contributed by atoms with van der Waals surface area (Å²) in [6.07, 6.45) is 0. The average molecular weight is 308 g/mol. The zero-order valence-corrected chi connectivity index (χ0v) is 14.1. The predicted molar refractivity (Wildman–Crippen MR) is 83.1 cm³/mol. The fourth-order valence-electron chi connectivity index (χ4n) is 1.66. The number of benzene rings is 1. The minimum absolute atomic E-state index is 0.435. The number of rotatable bonds is 3. The first-order valence-electron chi connectivity index (χ1n) is 6.05. The molecule has 0 N–H and O–H groups in total. The van der Waals surface area contributed by atoms with E-state index in [1.54, 1.807) is 0 Å². The van der Waals surface area contributed by atoms with Crippen molar-refractivity contribution in [1.29, 1.82) is 0 Å². The van der Waals surface area contributed by atoms with Crippen molar-refractivity contribution in [2.24, 2.45) is 0 Å². The van der Waals surface area contributed by atoms with Gasteiger partial charge in [-0.15, -0.1) is 34.8 Å². The van der Waals surface area contributed by atoms with E-state index in [0.717, 1.165) is 16.7 Å². The maximum Gasteiger partial charge on any atom is 0.0639 e. The van der Waals surface area contributed by atoms with Crippen molar-refractivity contribution in [3.05, 3.63) is 34.9 Å². The Bertz CT molecular complexity index is 350. The summed E-state index contributed by atoms with van der Waals surface area (Å²) in [4.78, 5) is -1.31. The summed E-state index contributed by atoms with van der Waals surface area (Å²) in [6, 6.07) is 6.18. The van der Waals surface area contributed by atoms with Gasteiger partial charge in [-0.25, -0.2) is 0 Å². The molecule has 1 aromatic rings. The molecule has 0 fully saturated rings. The summed E-state index contributed by atoms with van der Waals surface area (Å²) in [7, 11) is 0. The molecular weight excluding hydrogens is 287 g/mol. The van der Waals surface area contributed by atoms with Gasteiger partial charge >= 0.3 is 0 Å². The molecule has 0 saturated heterocycles. The molecule has 0 atom stereocenters. The number of halogens is 3. The van der Waals surface area contributed by atoms with E-state index < -0.39 is 14.6 Å². The second-order valence-corrected chi connectivity index (χ2v) is 9.05. The van der Waals surface area contributed by atoms with Crippen molar-refractivity contribution in [1.82, 2.24) is 0 Å². The third-order valence-corrected chi connectivity index (χ3v) is 3.65. The normalized spacial score (nSPS) is 13.8. The number of hydrogen-bond donors (Lipinski definition) is 0. The fourth-order valence-corrected chi connectivity index (χ4v) is 1.98. The summed E-state index contributed by atoms with van der Waals surface area (Å²) in [5.74, 6) is 0. The van der Waals surface area contributed by atoms with Gasteiger partial charge in [-0.3, -0.25) is 0 Å². The van der Waals surface area contributed by atoms with Crippen molar-refractivity contribution in [3.63, 3.8) is 0 Å². The topological polar surface area (TPSA) is 0 Å². The Morgan fingerprint density at radius 1 is 0.556 bits per heavy atom. The monoisotopic (exact) mass is 306 g/mol. The lowest BCUT2D eigenvalue weighted by molar-refractivity contribution is 0.710. The Morgan fingerprint density at radius 3 is 0.833 bits per heavy atom. The van der Waals surface area contributed by atoms with Crippen LogP contribution < -0.4 is 0 Å². The Labute approximate surface area is 126 Å². The second-order valence-electron chi connectivity index (χ2n) is 6.22. The van der Waals surface area contributed by atoms with Gasteiger partial charge in [0.25, 0.3) is 0 Å². The maximum absolute atomic E-state index is 6.42. The van der Waals surface area contributed by atoms with Gasteiger partial charge in [0, 0.05) is 0 Å². The lowest BCUT2D eigenvalue weighted by Crippen LogP contribution is -2.17. The lowest BCUT2D eigenvalue weighted by atomic mass is 9.89. The molecule has 3 heteroatoms. The molecule has 0 aliphatic heterocycles. The van der Waals surface area contributed by atoms with E-state index >= 15 is 0 Å². The molecule has 0 aliphatic rings. The van der Waals surface area contributed by atoms with Gasteiger partial charge in [0.2, 0.25) is 0 Å². The van der Waals surface area contributed by atoms with Gasteiger partial charge < -0.3 is 0 Å². The smallest absolute Gasteiger partial charge is 0.0639 e. The zero-order valence-electron chi connectivity index (χ0n) is 11.9. The van der Waals surface area contributed by atoms with E-state index in [1.165, 1.54) is 0 Å². The van der Waals surface area contributed by atoms with E-state index in [0.29, 0.717) is 0 Å². The molecule has 0 bridgehead atoms. The highest BCUT2D eigenvalue weighted by atomic mass is 35.5. The van der Waals surface area contributed by atoms with Gasteiger partial charge in [-0.2, -0.15) is 0 Å². The Balaban J connectivity index is 3.49. The van der Waals surface area contributed by atoms with Gasteiger partial charge in [0.1, 0.15) is 0 Å². The van der Waals surface area contributed by atoms with Crippen molar-refractivity contribution in [2.45, 2.75) is 56.2 Å². The highest BCUT2D eigenvalue weighted by Crippen LogP contribution is 2.38. The fraction of sp³-hybridized carbons (Fsp3) is 0.600. The van der Waals surface area contributed by atoms with Crippen LogP contribution in [0.1, 0.15) is 58.2 Å². The summed E-state index contributed by atoms with van der Waals surface area (Å²) < 4.78 is 0. The quantitative estimate of drug-likeness (QED) is 0.591. The molecule has 0 saturated carbocycles. The minimum atomic E-state index is -0.435. The first-order valence-corrected chi connectivity index (χ1v) is 7.18. The van der Waals surface area contributed by atoms with Crippen LogP contribution in [0.4, 0.5) is 0 Å². The van der Waals surface area contributed by atoms with E-state index in [9.17, 15) is 0 Å². The first-order chi connectivity index (χ1) is 7.82. The summed E-state index contributed by atoms with van der Waals surface area (Å²) in [5, 5.41) is 0. The molecule has 0 spiro atoms. The van der Waals surface area contributed by atoms with E-state index in [1.807, 2.05) is 41.5 Å². The predicted octanol–water partition coefficient (Wildman–Crippen LogP) is 6.11. The molecule has 0 amide bonds. The van der Waals surface area contributed by atoms with Crippen LogP contribution in [0, 0.1) is 0 Å². The van der Waals surface area contributed by atoms with Crippen LogP contribution in [-0.2, 0) is 14.6 Å². The maximum atomic E-state index is 6.42. The molecule has 1 rings (SSSR count). The molecule has 18 heavy (non-hydrogen) atoms. The highest BCUT2D eigenvalue weighted by molar-refractivity contribution is 6.25. The minimum Gasteiger partial charge on any atom is -0.115 e. The largest absolute Gasteiger partial charge is 0.115 e. The van der Waals surface area contributed by atoms with Crippen LogP contribution in [0.15, 0.2) is 18.2 Å². The number of hydrogen-bond acceptors (Lipinski definition) is 0. The molecule has 0 nitrogen and oxygen atoms in total. The molecule has 0 aliphatic carbocycles. The van der Waals surface area contributed by atoms with E-state index in [4.69, 9.17) is 34.8 Å². The van der Waals surface area contributed by atoms with Crippen molar-refractivity contribution >= 4 is 34.8 Å². The van der Waals surface area contributed by atoms with Crippen molar-refractivity contribution in [2.75, 3.05) is 0 Å². The SMILES string of the molecule is CC(C)(Cl)c1cc(C(C)(C)Cl)cc(C(C)(C)Cl)c1. The van der Waals surface area contributed by atoms with Crippen LogP contribution in [0.2, 0.25) is 0 Å². The molecule has 0 aromatic heterocycles. The standard InChI is InChI=1S/C15H21Cl3/c1-13(2,16)10-7-11(14(3,4)17)9-12(8-10)15(5,6)18/h7-9H,1-6H3. The highest BCUT2D eigenvalue weighted by Gasteiger charge is 2.26. The average Bonchev–Trinajstić information content (AvgIpc) is 2.13. The van der Waals surface area contributed by atoms with Crippen molar-refractivity contribution < 1.29 is 0 Å². The Hall–Kier alpha value is 0.0900. The van der Waals surface area contributed by atoms with Crippen LogP contribution in [0.3, 0.4) is 0 Å². The summed E-state index contributed by atoms with van der Waals surface area (Å²) in [6.45, 7) is 11.8. The lowest BCUT2D eigenvalue weighted by Gasteiger charge is -2.26. The van der Waals surface area contributed by atoms with Crippen LogP contribution in [-0.4, -0.2) is 0 Å². The molecule has 102 valence electrons. The van der Waals surface area contributed by atoms with Crippen molar-refractivity contribution in [3.8, 4) is 0 Å². The molecule has 0 unspecified atom stereocenters. The second kappa shape index (κ2) is 4.89. The zero-order chi connectivity index (χ0) is 14.4. The number of alkyl halides is 3. The first kappa shape index (κ1) is 16.1. The molecule has 1 aromatic carbocycles. The summed E-state index contributed by atoms with van der Waals surface area (Å²) in [5.41, 5.74) is 3.12. The van der Waals surface area contributed by atoms with Crippen LogP contribution >= 0.6 is 34.8 Å². The Morgan fingerprint density at radius 2 is 0.722 bits per heavy atom. The van der Waals surface area contributed by atoms with Crippen LogP contribution in [0.5, 0.6) is 0 Å². The molecule has 0 radical (unpaired) electrons. The van der Waals surface area contributed by atoms with Gasteiger partial charge in [0.15, 0.2) is 0 Å². The van der Waals surface area contributed by atoms with E-state index in [-0.39, 0.29) is 0 Å². The molecular formula is C15H21Cl3. The summed E-state index contributed by atoms with van der Waals surface area (Å²) >= 11 is 19.2. The van der Waals surface area contributed by atoms with Gasteiger partial charge in [-0.1, -0.05) is 18.2 Å². The van der Waals surface area contributed by atoms with Gasteiger partial charge in [-0.05, 0) is 58.2 Å². The van der Waals surface area contributed by atoms with Crippen LogP contribution in [0.25, 0.3) is 0 Å². The molecule has 0 heterocycles. The third kappa shape index (κ3) is 4.05. The van der Waals surface area contributed by atoms with E-state index in [2.05, 4.69) is 18.2 Å². The Kier molecular flexibility index (Phi) is 4.38. The van der Waals surface area contributed by atoms with Gasteiger partial charge in [0.05, 0.1) is 14.6 Å². The third-order valence-electron chi connectivity index (χ3n) is 2.99.